The van der Waals surface area contributed by atoms with Crippen LogP contribution in [0.2, 0.25) is 0 Å². The SMILES string of the molecule is CCCCCN(CC(=O)Nc1cc(C(C)(C)C)nn1-c1ccc(OC)cc1)C(=O)c1cc(C(F)(F)F)cc(C(F)(F)F)c1. The number of halogens is 6. The highest BCUT2D eigenvalue weighted by Gasteiger charge is 2.38. The summed E-state index contributed by atoms with van der Waals surface area (Å²) >= 11 is 0. The lowest BCUT2D eigenvalue weighted by Gasteiger charge is -2.23. The van der Waals surface area contributed by atoms with E-state index in [0.29, 0.717) is 42.1 Å². The van der Waals surface area contributed by atoms with Gasteiger partial charge in [-0.25, -0.2) is 4.68 Å². The molecule has 0 aliphatic heterocycles. The number of hydrogen-bond acceptors (Lipinski definition) is 4. The number of amides is 2. The van der Waals surface area contributed by atoms with Crippen molar-refractivity contribution in [2.45, 2.75) is 64.7 Å². The standard InChI is InChI=1S/C30H34F6N4O3/c1-6-7-8-13-39(27(42)19-14-20(29(31,32)33)16-21(15-19)30(34,35)36)18-26(41)37-25-17-24(28(2,3)4)38-40(25)22-9-11-23(43-5)12-10-22/h9-12,14-17H,6-8,13,18H2,1-5H3,(H,37,41). The topological polar surface area (TPSA) is 76.5 Å². The zero-order chi connectivity index (χ0) is 32.2. The Hall–Kier alpha value is -4.03. The highest BCUT2D eigenvalue weighted by atomic mass is 19.4. The minimum atomic E-state index is -5.12. The summed E-state index contributed by atoms with van der Waals surface area (Å²) in [4.78, 5) is 27.6. The van der Waals surface area contributed by atoms with Gasteiger partial charge in [0.05, 0.1) is 29.6 Å². The second-order valence-electron chi connectivity index (χ2n) is 11.1. The smallest absolute Gasteiger partial charge is 0.416 e. The molecule has 0 spiro atoms. The van der Waals surface area contributed by atoms with Crippen molar-refractivity contribution in [2.75, 3.05) is 25.5 Å². The first-order chi connectivity index (χ1) is 19.9. The van der Waals surface area contributed by atoms with Gasteiger partial charge in [0, 0.05) is 23.6 Å². The normalized spacial score (nSPS) is 12.3. The molecule has 7 nitrogen and oxygen atoms in total. The number of aromatic nitrogens is 2. The summed E-state index contributed by atoms with van der Waals surface area (Å²) in [6.07, 6.45) is -8.50. The van der Waals surface area contributed by atoms with Crippen LogP contribution in [0.15, 0.2) is 48.5 Å². The van der Waals surface area contributed by atoms with Crippen LogP contribution in [0.1, 0.15) is 74.1 Å². The van der Waals surface area contributed by atoms with Gasteiger partial charge in [0.2, 0.25) is 5.91 Å². The Morgan fingerprint density at radius 2 is 1.49 bits per heavy atom. The highest BCUT2D eigenvalue weighted by molar-refractivity contribution is 5.99. The van der Waals surface area contributed by atoms with Crippen LogP contribution in [0, 0.1) is 0 Å². The van der Waals surface area contributed by atoms with Crippen LogP contribution >= 0.6 is 0 Å². The van der Waals surface area contributed by atoms with Crippen LogP contribution in [-0.4, -0.2) is 46.7 Å². The first-order valence-corrected chi connectivity index (χ1v) is 13.6. The molecule has 0 radical (unpaired) electrons. The van der Waals surface area contributed by atoms with E-state index in [1.807, 2.05) is 27.7 Å². The van der Waals surface area contributed by atoms with Crippen molar-refractivity contribution in [1.82, 2.24) is 14.7 Å². The van der Waals surface area contributed by atoms with Crippen LogP contribution < -0.4 is 10.1 Å². The third kappa shape index (κ3) is 8.74. The second kappa shape index (κ2) is 13.1. The molecule has 2 aromatic carbocycles. The van der Waals surface area contributed by atoms with Crippen molar-refractivity contribution in [3.05, 3.63) is 70.9 Å². The summed E-state index contributed by atoms with van der Waals surface area (Å²) in [5.74, 6) is -0.966. The second-order valence-corrected chi connectivity index (χ2v) is 11.1. The molecule has 13 heteroatoms. The molecule has 1 heterocycles. The average molecular weight is 613 g/mol. The van der Waals surface area contributed by atoms with E-state index in [1.165, 1.54) is 11.8 Å². The van der Waals surface area contributed by atoms with Crippen LogP contribution in [0.25, 0.3) is 5.69 Å². The number of nitrogens with zero attached hydrogens (tertiary/aromatic N) is 3. The van der Waals surface area contributed by atoms with Gasteiger partial charge < -0.3 is 15.0 Å². The molecule has 0 atom stereocenters. The molecule has 43 heavy (non-hydrogen) atoms. The summed E-state index contributed by atoms with van der Waals surface area (Å²) in [5, 5.41) is 7.32. The zero-order valence-electron chi connectivity index (χ0n) is 24.5. The Balaban J connectivity index is 1.96. The van der Waals surface area contributed by atoms with Crippen LogP contribution in [-0.2, 0) is 22.6 Å². The van der Waals surface area contributed by atoms with E-state index in [9.17, 15) is 35.9 Å². The molecule has 2 amide bonds. The summed E-state index contributed by atoms with van der Waals surface area (Å²) in [6, 6.07) is 9.22. The molecule has 3 rings (SSSR count). The fourth-order valence-electron chi connectivity index (χ4n) is 4.18. The third-order valence-electron chi connectivity index (χ3n) is 6.55. The fourth-order valence-corrected chi connectivity index (χ4v) is 4.18. The third-order valence-corrected chi connectivity index (χ3v) is 6.55. The summed E-state index contributed by atoms with van der Waals surface area (Å²) in [6.45, 7) is 7.00. The quantitative estimate of drug-likeness (QED) is 0.190. The Morgan fingerprint density at radius 1 is 0.907 bits per heavy atom. The molecule has 1 N–H and O–H groups in total. The van der Waals surface area contributed by atoms with Gasteiger partial charge in [-0.15, -0.1) is 0 Å². The number of methoxy groups -OCH3 is 1. The number of carbonyl (C=O) groups is 2. The molecule has 0 saturated carbocycles. The van der Waals surface area contributed by atoms with Gasteiger partial charge in [0.1, 0.15) is 18.1 Å². The van der Waals surface area contributed by atoms with E-state index >= 15 is 0 Å². The summed E-state index contributed by atoms with van der Waals surface area (Å²) < 4.78 is 87.3. The van der Waals surface area contributed by atoms with Gasteiger partial charge in [-0.3, -0.25) is 9.59 Å². The average Bonchev–Trinajstić information content (AvgIpc) is 3.35. The van der Waals surface area contributed by atoms with Gasteiger partial charge in [-0.1, -0.05) is 40.5 Å². The molecule has 0 fully saturated rings. The minimum absolute atomic E-state index is 0.0436. The fraction of sp³-hybridized carbons (Fsp3) is 0.433. The predicted molar refractivity (Wildman–Crippen MR) is 149 cm³/mol. The number of alkyl halides is 6. The molecule has 0 aliphatic carbocycles. The predicted octanol–water partition coefficient (Wildman–Crippen LogP) is 7.49. The molecular weight excluding hydrogens is 578 g/mol. The summed E-state index contributed by atoms with van der Waals surface area (Å²) in [7, 11) is 1.52. The van der Waals surface area contributed by atoms with Gasteiger partial charge in [-0.2, -0.15) is 31.4 Å². The number of unbranched alkanes of at least 4 members (excludes halogenated alkanes) is 2. The number of anilines is 1. The first-order valence-electron chi connectivity index (χ1n) is 13.6. The molecule has 0 saturated heterocycles. The number of carbonyl (C=O) groups excluding carboxylic acids is 2. The van der Waals surface area contributed by atoms with E-state index in [1.54, 1.807) is 30.3 Å². The highest BCUT2D eigenvalue weighted by Crippen LogP contribution is 2.36. The zero-order valence-corrected chi connectivity index (χ0v) is 24.5. The maximum absolute atomic E-state index is 13.4. The molecule has 0 aliphatic rings. The maximum Gasteiger partial charge on any atom is 0.416 e. The minimum Gasteiger partial charge on any atom is -0.497 e. The Kier molecular flexibility index (Phi) is 10.2. The van der Waals surface area contributed by atoms with E-state index in [2.05, 4.69) is 10.4 Å². The van der Waals surface area contributed by atoms with Gasteiger partial charge >= 0.3 is 12.4 Å². The van der Waals surface area contributed by atoms with Crippen LogP contribution in [0.5, 0.6) is 5.75 Å². The van der Waals surface area contributed by atoms with Crippen molar-refractivity contribution in [2.24, 2.45) is 0 Å². The number of ether oxygens (including phenoxy) is 1. The van der Waals surface area contributed by atoms with Crippen LogP contribution in [0.4, 0.5) is 32.2 Å². The lowest BCUT2D eigenvalue weighted by Crippen LogP contribution is -2.39. The van der Waals surface area contributed by atoms with Gasteiger partial charge in [0.25, 0.3) is 5.91 Å². The van der Waals surface area contributed by atoms with E-state index in [0.717, 1.165) is 11.3 Å². The van der Waals surface area contributed by atoms with Crippen molar-refractivity contribution in [3.63, 3.8) is 0 Å². The Morgan fingerprint density at radius 3 is 1.98 bits per heavy atom. The molecule has 0 bridgehead atoms. The summed E-state index contributed by atoms with van der Waals surface area (Å²) in [5.41, 5.74) is -3.21. The van der Waals surface area contributed by atoms with Gasteiger partial charge in [0.15, 0.2) is 0 Å². The number of hydrogen-bond donors (Lipinski definition) is 1. The maximum atomic E-state index is 13.4. The Labute approximate surface area is 245 Å². The van der Waals surface area contributed by atoms with Crippen molar-refractivity contribution in [1.29, 1.82) is 0 Å². The lowest BCUT2D eigenvalue weighted by atomic mass is 9.92. The molecule has 0 unspecified atom stereocenters. The molecule has 234 valence electrons. The van der Waals surface area contributed by atoms with Crippen LogP contribution in [0.3, 0.4) is 0 Å². The molecule has 1 aromatic heterocycles. The first kappa shape index (κ1) is 33.5. The van der Waals surface area contributed by atoms with E-state index in [4.69, 9.17) is 4.74 Å². The van der Waals surface area contributed by atoms with Crippen molar-refractivity contribution in [3.8, 4) is 11.4 Å². The lowest BCUT2D eigenvalue weighted by molar-refractivity contribution is -0.143. The number of rotatable bonds is 10. The largest absolute Gasteiger partial charge is 0.497 e. The molecule has 3 aromatic rings. The number of benzene rings is 2. The number of nitrogens with one attached hydrogen (secondary N) is 1. The van der Waals surface area contributed by atoms with Crippen molar-refractivity contribution < 1.29 is 40.7 Å². The monoisotopic (exact) mass is 612 g/mol. The van der Waals surface area contributed by atoms with E-state index < -0.39 is 52.8 Å². The van der Waals surface area contributed by atoms with Crippen molar-refractivity contribution >= 4 is 17.6 Å². The Bertz CT molecular complexity index is 1390. The van der Waals surface area contributed by atoms with Gasteiger partial charge in [-0.05, 0) is 48.9 Å². The molecular formula is C30H34F6N4O3. The van der Waals surface area contributed by atoms with E-state index in [-0.39, 0.29) is 18.4 Å².